The molecule has 108 valence electrons. The molecule has 0 unspecified atom stereocenters. The zero-order chi connectivity index (χ0) is 14.8. The van der Waals surface area contributed by atoms with Crippen molar-refractivity contribution in [3.8, 4) is 0 Å². The van der Waals surface area contributed by atoms with E-state index in [1.807, 2.05) is 0 Å². The largest absolute Gasteiger partial charge is 0.388 e. The molecule has 0 saturated heterocycles. The number of non-ortho nitro benzene ring substituents is 1. The molecule has 1 aromatic carbocycles. The summed E-state index contributed by atoms with van der Waals surface area (Å²) in [6.45, 7) is 0.328. The number of carbonyl (C=O) groups is 1. The van der Waals surface area contributed by atoms with Crippen molar-refractivity contribution in [2.24, 2.45) is 0 Å². The van der Waals surface area contributed by atoms with Crippen molar-refractivity contribution >= 4 is 17.3 Å². The van der Waals surface area contributed by atoms with E-state index in [1.165, 1.54) is 25.2 Å². The molecule has 3 N–H and O–H groups in total. The summed E-state index contributed by atoms with van der Waals surface area (Å²) in [6.07, 6.45) is 2.44. The lowest BCUT2D eigenvalue weighted by molar-refractivity contribution is -0.384. The molecule has 20 heavy (non-hydrogen) atoms. The van der Waals surface area contributed by atoms with Gasteiger partial charge in [0.2, 0.25) is 0 Å². The van der Waals surface area contributed by atoms with Gasteiger partial charge in [-0.05, 0) is 25.3 Å². The van der Waals surface area contributed by atoms with Gasteiger partial charge in [-0.25, -0.2) is 0 Å². The molecule has 0 aromatic heterocycles. The molecular weight excluding hydrogens is 262 g/mol. The van der Waals surface area contributed by atoms with Crippen LogP contribution in [0.2, 0.25) is 0 Å². The maximum Gasteiger partial charge on any atom is 0.270 e. The monoisotopic (exact) mass is 279 g/mol. The summed E-state index contributed by atoms with van der Waals surface area (Å²) < 4.78 is 0. The van der Waals surface area contributed by atoms with E-state index in [4.69, 9.17) is 0 Å². The highest BCUT2D eigenvalue weighted by molar-refractivity contribution is 6.00. The number of carbonyl (C=O) groups excluding carboxylic acids is 1. The van der Waals surface area contributed by atoms with Gasteiger partial charge in [0.05, 0.1) is 16.1 Å². The molecule has 2 rings (SSSR count). The molecule has 0 bridgehead atoms. The van der Waals surface area contributed by atoms with Gasteiger partial charge in [-0.3, -0.25) is 14.9 Å². The van der Waals surface area contributed by atoms with Crippen molar-refractivity contribution in [3.05, 3.63) is 33.9 Å². The molecule has 0 spiro atoms. The van der Waals surface area contributed by atoms with Crippen molar-refractivity contribution in [1.29, 1.82) is 0 Å². The third-order valence-electron chi connectivity index (χ3n) is 3.58. The minimum atomic E-state index is -0.734. The maximum absolute atomic E-state index is 11.8. The second-order valence-corrected chi connectivity index (χ2v) is 5.00. The van der Waals surface area contributed by atoms with Crippen LogP contribution in [0.25, 0.3) is 0 Å². The van der Waals surface area contributed by atoms with Crippen molar-refractivity contribution < 1.29 is 14.8 Å². The topological polar surface area (TPSA) is 104 Å². The van der Waals surface area contributed by atoms with Crippen molar-refractivity contribution in [2.75, 3.05) is 18.9 Å². The molecule has 1 saturated carbocycles. The van der Waals surface area contributed by atoms with Gasteiger partial charge in [0, 0.05) is 31.4 Å². The van der Waals surface area contributed by atoms with E-state index in [-0.39, 0.29) is 11.3 Å². The Bertz CT molecular complexity index is 540. The zero-order valence-corrected chi connectivity index (χ0v) is 11.2. The van der Waals surface area contributed by atoms with Crippen LogP contribution in [0.4, 0.5) is 11.4 Å². The van der Waals surface area contributed by atoms with Crippen LogP contribution in [0.3, 0.4) is 0 Å². The summed E-state index contributed by atoms with van der Waals surface area (Å²) in [5.74, 6) is -0.406. The van der Waals surface area contributed by atoms with Gasteiger partial charge in [-0.1, -0.05) is 0 Å². The predicted molar refractivity (Wildman–Crippen MR) is 73.8 cm³/mol. The number of nitro benzene ring substituents is 1. The van der Waals surface area contributed by atoms with Gasteiger partial charge in [0.25, 0.3) is 11.6 Å². The minimum Gasteiger partial charge on any atom is -0.388 e. The summed E-state index contributed by atoms with van der Waals surface area (Å²) in [5, 5.41) is 26.2. The fraction of sp³-hybridized carbons (Fsp3) is 0.462. The molecule has 1 amide bonds. The molecule has 7 heteroatoms. The molecule has 1 fully saturated rings. The normalized spacial score (nSPS) is 16.1. The number of aliphatic hydroxyl groups is 1. The van der Waals surface area contributed by atoms with Gasteiger partial charge < -0.3 is 15.7 Å². The highest BCUT2D eigenvalue weighted by atomic mass is 16.6. The van der Waals surface area contributed by atoms with E-state index in [9.17, 15) is 20.0 Å². The standard InChI is InChI=1S/C13H17N3O4/c1-14-12(17)10-7-9(16(19)20)3-4-11(10)15-8-13(18)5-2-6-13/h3-4,7,15,18H,2,5-6,8H2,1H3,(H,14,17). The Morgan fingerprint density at radius 1 is 1.50 bits per heavy atom. The highest BCUT2D eigenvalue weighted by Gasteiger charge is 2.34. The quantitative estimate of drug-likeness (QED) is 0.556. The van der Waals surface area contributed by atoms with Gasteiger partial charge >= 0.3 is 0 Å². The van der Waals surface area contributed by atoms with Crippen molar-refractivity contribution in [1.82, 2.24) is 5.32 Å². The minimum absolute atomic E-state index is 0.142. The maximum atomic E-state index is 11.8. The second kappa shape index (κ2) is 5.46. The van der Waals surface area contributed by atoms with E-state index in [2.05, 4.69) is 10.6 Å². The van der Waals surface area contributed by atoms with Crippen LogP contribution in [-0.2, 0) is 0 Å². The summed E-state index contributed by atoms with van der Waals surface area (Å²) in [7, 11) is 1.46. The molecule has 7 nitrogen and oxygen atoms in total. The van der Waals surface area contributed by atoms with E-state index in [1.54, 1.807) is 0 Å². The summed E-state index contributed by atoms with van der Waals surface area (Å²) in [4.78, 5) is 22.0. The van der Waals surface area contributed by atoms with E-state index in [0.29, 0.717) is 12.2 Å². The van der Waals surface area contributed by atoms with Gasteiger partial charge in [-0.2, -0.15) is 0 Å². The SMILES string of the molecule is CNC(=O)c1cc([N+](=O)[O-])ccc1NCC1(O)CCC1. The number of hydrogen-bond acceptors (Lipinski definition) is 5. The Kier molecular flexibility index (Phi) is 3.89. The lowest BCUT2D eigenvalue weighted by atomic mass is 9.80. The first kappa shape index (κ1) is 14.3. The Labute approximate surface area is 116 Å². The molecule has 0 heterocycles. The second-order valence-electron chi connectivity index (χ2n) is 5.00. The Balaban J connectivity index is 2.21. The molecule has 1 aliphatic rings. The number of nitro groups is 1. The van der Waals surface area contributed by atoms with Crippen molar-refractivity contribution in [3.63, 3.8) is 0 Å². The average Bonchev–Trinajstić information content (AvgIpc) is 2.41. The van der Waals surface area contributed by atoms with E-state index >= 15 is 0 Å². The first-order valence-corrected chi connectivity index (χ1v) is 6.42. The number of rotatable bonds is 5. The lowest BCUT2D eigenvalue weighted by Crippen LogP contribution is -2.43. The molecule has 0 atom stereocenters. The van der Waals surface area contributed by atoms with E-state index < -0.39 is 16.4 Å². The summed E-state index contributed by atoms with van der Waals surface area (Å²) in [6, 6.07) is 4.05. The zero-order valence-electron chi connectivity index (χ0n) is 11.2. The summed E-state index contributed by atoms with van der Waals surface area (Å²) >= 11 is 0. The number of nitrogens with zero attached hydrogens (tertiary/aromatic N) is 1. The Hall–Kier alpha value is -2.15. The first-order chi connectivity index (χ1) is 9.45. The van der Waals surface area contributed by atoms with Gasteiger partial charge in [0.15, 0.2) is 0 Å². The highest BCUT2D eigenvalue weighted by Crippen LogP contribution is 2.32. The van der Waals surface area contributed by atoms with Gasteiger partial charge in [0.1, 0.15) is 0 Å². The summed E-state index contributed by atoms with van der Waals surface area (Å²) in [5.41, 5.74) is -0.196. The Morgan fingerprint density at radius 2 is 2.20 bits per heavy atom. The Morgan fingerprint density at radius 3 is 2.70 bits per heavy atom. The van der Waals surface area contributed by atoms with Crippen LogP contribution in [-0.4, -0.2) is 35.1 Å². The third-order valence-corrected chi connectivity index (χ3v) is 3.58. The fourth-order valence-electron chi connectivity index (χ4n) is 2.14. The smallest absolute Gasteiger partial charge is 0.270 e. The third kappa shape index (κ3) is 2.88. The molecular formula is C13H17N3O4. The average molecular weight is 279 g/mol. The van der Waals surface area contributed by atoms with Crippen molar-refractivity contribution in [2.45, 2.75) is 24.9 Å². The lowest BCUT2D eigenvalue weighted by Gasteiger charge is -2.37. The number of hydrogen-bond donors (Lipinski definition) is 3. The molecule has 0 aliphatic heterocycles. The predicted octanol–water partition coefficient (Wildman–Crippen LogP) is 1.28. The van der Waals surface area contributed by atoms with Crippen LogP contribution in [0.5, 0.6) is 0 Å². The van der Waals surface area contributed by atoms with Crippen LogP contribution in [0.1, 0.15) is 29.6 Å². The van der Waals surface area contributed by atoms with Crippen LogP contribution >= 0.6 is 0 Å². The number of nitrogens with one attached hydrogen (secondary N) is 2. The van der Waals surface area contributed by atoms with E-state index in [0.717, 1.165) is 19.3 Å². The fourth-order valence-corrected chi connectivity index (χ4v) is 2.14. The molecule has 1 aromatic rings. The van der Waals surface area contributed by atoms with Crippen LogP contribution in [0.15, 0.2) is 18.2 Å². The molecule has 0 radical (unpaired) electrons. The number of anilines is 1. The number of benzene rings is 1. The van der Waals surface area contributed by atoms with Crippen LogP contribution in [0, 0.1) is 10.1 Å². The number of amides is 1. The molecule has 1 aliphatic carbocycles. The first-order valence-electron chi connectivity index (χ1n) is 6.42. The van der Waals surface area contributed by atoms with Crippen LogP contribution < -0.4 is 10.6 Å². The van der Waals surface area contributed by atoms with Gasteiger partial charge in [-0.15, -0.1) is 0 Å².